The number of nitrogens with one attached hydrogen (secondary N) is 2. The number of rotatable bonds is 8. The number of hydrazine groups is 1. The third-order valence-corrected chi connectivity index (χ3v) is 4.80. The summed E-state index contributed by atoms with van der Waals surface area (Å²) in [6, 6.07) is 6.40. The molecule has 0 heterocycles. The van der Waals surface area contributed by atoms with Crippen LogP contribution in [0.2, 0.25) is 0 Å². The van der Waals surface area contributed by atoms with E-state index in [4.69, 9.17) is 5.84 Å². The molecular formula is C13H23N3O2S. The monoisotopic (exact) mass is 285 g/mol. The molecule has 0 radical (unpaired) electrons. The molecule has 108 valence electrons. The normalized spacial score (nSPS) is 13.2. The number of sulfone groups is 1. The largest absolute Gasteiger partial charge is 0.324 e. The highest BCUT2D eigenvalue weighted by Gasteiger charge is 2.17. The maximum atomic E-state index is 12.2. The van der Waals surface area contributed by atoms with E-state index in [0.29, 0.717) is 10.6 Å². The lowest BCUT2D eigenvalue weighted by molar-refractivity contribution is 0.546. The fraction of sp³-hybridized carbons (Fsp3) is 0.538. The number of nitrogens with two attached hydrogens (primary N) is 1. The molecule has 1 unspecified atom stereocenters. The molecule has 1 aromatic carbocycles. The third-order valence-electron chi connectivity index (χ3n) is 2.87. The van der Waals surface area contributed by atoms with Gasteiger partial charge in [-0.15, -0.1) is 0 Å². The number of nitrogen functional groups attached to an aromatic ring is 1. The van der Waals surface area contributed by atoms with Crippen molar-refractivity contribution in [2.75, 3.05) is 17.7 Å². The van der Waals surface area contributed by atoms with Crippen molar-refractivity contribution < 1.29 is 8.42 Å². The molecule has 0 aliphatic rings. The molecule has 0 amide bonds. The van der Waals surface area contributed by atoms with Crippen LogP contribution in [0.5, 0.6) is 0 Å². The summed E-state index contributed by atoms with van der Waals surface area (Å²) in [5.74, 6) is 5.35. The first-order valence-corrected chi connectivity index (χ1v) is 8.17. The van der Waals surface area contributed by atoms with Gasteiger partial charge >= 0.3 is 0 Å². The van der Waals surface area contributed by atoms with Gasteiger partial charge in [0.05, 0.1) is 10.6 Å². The Morgan fingerprint density at radius 3 is 2.42 bits per heavy atom. The summed E-state index contributed by atoms with van der Waals surface area (Å²) in [6.07, 6.45) is 2.15. The zero-order valence-electron chi connectivity index (χ0n) is 11.5. The zero-order chi connectivity index (χ0) is 14.3. The maximum Gasteiger partial charge on any atom is 0.179 e. The van der Waals surface area contributed by atoms with Gasteiger partial charge in [0.1, 0.15) is 0 Å². The van der Waals surface area contributed by atoms with Gasteiger partial charge in [-0.25, -0.2) is 8.42 Å². The molecule has 5 nitrogen and oxygen atoms in total. The number of unbranched alkanes of at least 4 members (excludes halogenated alkanes) is 1. The van der Waals surface area contributed by atoms with Gasteiger partial charge in [0.2, 0.25) is 0 Å². The fourth-order valence-electron chi connectivity index (χ4n) is 1.77. The molecule has 6 heteroatoms. The molecule has 19 heavy (non-hydrogen) atoms. The van der Waals surface area contributed by atoms with Gasteiger partial charge in [0.25, 0.3) is 0 Å². The van der Waals surface area contributed by atoms with E-state index in [-0.39, 0.29) is 11.8 Å². The van der Waals surface area contributed by atoms with Gasteiger partial charge in [-0.2, -0.15) is 0 Å². The first-order valence-electron chi connectivity index (χ1n) is 6.52. The smallest absolute Gasteiger partial charge is 0.179 e. The van der Waals surface area contributed by atoms with Crippen LogP contribution < -0.4 is 16.6 Å². The first kappa shape index (κ1) is 15.9. The van der Waals surface area contributed by atoms with Crippen LogP contribution in [0.15, 0.2) is 29.2 Å². The van der Waals surface area contributed by atoms with Gasteiger partial charge < -0.3 is 10.7 Å². The Morgan fingerprint density at radius 1 is 1.26 bits per heavy atom. The highest BCUT2D eigenvalue weighted by Crippen LogP contribution is 2.15. The van der Waals surface area contributed by atoms with E-state index < -0.39 is 9.84 Å². The second kappa shape index (κ2) is 7.47. The van der Waals surface area contributed by atoms with Crippen molar-refractivity contribution in [1.82, 2.24) is 5.32 Å². The topological polar surface area (TPSA) is 84.2 Å². The highest BCUT2D eigenvalue weighted by molar-refractivity contribution is 7.91. The molecule has 0 bridgehead atoms. The van der Waals surface area contributed by atoms with Crippen molar-refractivity contribution in [2.24, 2.45) is 5.84 Å². The van der Waals surface area contributed by atoms with Crippen molar-refractivity contribution in [3.63, 3.8) is 0 Å². The zero-order valence-corrected chi connectivity index (χ0v) is 12.3. The quantitative estimate of drug-likeness (QED) is 0.383. The van der Waals surface area contributed by atoms with Crippen LogP contribution >= 0.6 is 0 Å². The third kappa shape index (κ3) is 5.18. The number of hydrogen-bond acceptors (Lipinski definition) is 5. The number of hydrogen-bond donors (Lipinski definition) is 3. The predicted octanol–water partition coefficient (Wildman–Crippen LogP) is 1.52. The van der Waals surface area contributed by atoms with Gasteiger partial charge in [-0.05, 0) is 44.2 Å². The highest BCUT2D eigenvalue weighted by atomic mass is 32.2. The first-order chi connectivity index (χ1) is 8.99. The molecule has 0 aliphatic carbocycles. The van der Waals surface area contributed by atoms with Crippen molar-refractivity contribution in [3.8, 4) is 0 Å². The fourth-order valence-corrected chi connectivity index (χ4v) is 3.29. The van der Waals surface area contributed by atoms with Crippen LogP contribution in [0.1, 0.15) is 26.7 Å². The second-order valence-electron chi connectivity index (χ2n) is 4.66. The Labute approximate surface area is 115 Å². The average molecular weight is 285 g/mol. The molecule has 1 aromatic rings. The van der Waals surface area contributed by atoms with Crippen LogP contribution in [0.3, 0.4) is 0 Å². The van der Waals surface area contributed by atoms with E-state index >= 15 is 0 Å². The van der Waals surface area contributed by atoms with Gasteiger partial charge in [0, 0.05) is 11.7 Å². The van der Waals surface area contributed by atoms with E-state index in [2.05, 4.69) is 17.7 Å². The van der Waals surface area contributed by atoms with E-state index in [1.807, 2.05) is 6.92 Å². The molecular weight excluding hydrogens is 262 g/mol. The van der Waals surface area contributed by atoms with Crippen molar-refractivity contribution in [1.29, 1.82) is 0 Å². The van der Waals surface area contributed by atoms with Crippen LogP contribution in [0, 0.1) is 0 Å². The van der Waals surface area contributed by atoms with Crippen LogP contribution in [0.4, 0.5) is 5.69 Å². The minimum absolute atomic E-state index is 0.0520. The lowest BCUT2D eigenvalue weighted by atomic mass is 10.3. The van der Waals surface area contributed by atoms with E-state index in [9.17, 15) is 8.42 Å². The van der Waals surface area contributed by atoms with E-state index in [1.165, 1.54) is 0 Å². The van der Waals surface area contributed by atoms with Gasteiger partial charge in [-0.3, -0.25) is 5.84 Å². The summed E-state index contributed by atoms with van der Waals surface area (Å²) in [5.41, 5.74) is 3.16. The molecule has 1 rings (SSSR count). The number of anilines is 1. The van der Waals surface area contributed by atoms with Crippen molar-refractivity contribution in [2.45, 2.75) is 37.6 Å². The standard InChI is InChI=1S/C13H23N3O2S/c1-3-4-9-15-11(2)10-19(17,18)13-7-5-12(16-14)6-8-13/h5-8,11,15-16H,3-4,9-10,14H2,1-2H3. The van der Waals surface area contributed by atoms with E-state index in [0.717, 1.165) is 19.4 Å². The van der Waals surface area contributed by atoms with E-state index in [1.54, 1.807) is 24.3 Å². The van der Waals surface area contributed by atoms with Crippen LogP contribution in [-0.4, -0.2) is 26.8 Å². The predicted molar refractivity (Wildman–Crippen MR) is 78.7 cm³/mol. The SMILES string of the molecule is CCCCNC(C)CS(=O)(=O)c1ccc(NN)cc1. The maximum absolute atomic E-state index is 12.2. The van der Waals surface area contributed by atoms with Crippen molar-refractivity contribution in [3.05, 3.63) is 24.3 Å². The molecule has 0 fully saturated rings. The van der Waals surface area contributed by atoms with Crippen LogP contribution in [-0.2, 0) is 9.84 Å². The summed E-state index contributed by atoms with van der Waals surface area (Å²) in [4.78, 5) is 0.329. The summed E-state index contributed by atoms with van der Waals surface area (Å²) in [7, 11) is -3.25. The summed E-state index contributed by atoms with van der Waals surface area (Å²) in [6.45, 7) is 4.85. The van der Waals surface area contributed by atoms with Crippen LogP contribution in [0.25, 0.3) is 0 Å². The molecule has 0 aliphatic heterocycles. The lowest BCUT2D eigenvalue weighted by Gasteiger charge is -2.14. The second-order valence-corrected chi connectivity index (χ2v) is 6.69. The minimum Gasteiger partial charge on any atom is -0.324 e. The Hall–Kier alpha value is -1.11. The molecule has 0 saturated carbocycles. The lowest BCUT2D eigenvalue weighted by Crippen LogP contribution is -2.33. The molecule has 1 atom stereocenters. The minimum atomic E-state index is -3.25. The Bertz CT molecular complexity index is 471. The molecule has 0 aromatic heterocycles. The number of benzene rings is 1. The van der Waals surface area contributed by atoms with Crippen molar-refractivity contribution >= 4 is 15.5 Å². The average Bonchev–Trinajstić information content (AvgIpc) is 2.38. The molecule has 0 spiro atoms. The molecule has 0 saturated heterocycles. The Kier molecular flexibility index (Phi) is 6.27. The van der Waals surface area contributed by atoms with Gasteiger partial charge in [0.15, 0.2) is 9.84 Å². The Morgan fingerprint density at radius 2 is 1.89 bits per heavy atom. The summed E-state index contributed by atoms with van der Waals surface area (Å²) < 4.78 is 24.4. The summed E-state index contributed by atoms with van der Waals surface area (Å²) >= 11 is 0. The summed E-state index contributed by atoms with van der Waals surface area (Å²) in [5, 5.41) is 3.22. The Balaban J connectivity index is 2.63. The van der Waals surface area contributed by atoms with Gasteiger partial charge in [-0.1, -0.05) is 13.3 Å². The molecule has 4 N–H and O–H groups in total.